The van der Waals surface area contributed by atoms with Crippen LogP contribution in [0.5, 0.6) is 0 Å². The zero-order chi connectivity index (χ0) is 18.5. The Kier molecular flexibility index (Phi) is 5.09. The second kappa shape index (κ2) is 7.62. The molecule has 0 aliphatic carbocycles. The molecule has 1 unspecified atom stereocenters. The number of aromatic nitrogens is 2. The van der Waals surface area contributed by atoms with Crippen molar-refractivity contribution >= 4 is 12.4 Å². The van der Waals surface area contributed by atoms with Gasteiger partial charge in [-0.05, 0) is 17.7 Å². The molecule has 2 aromatic carbocycles. The molecule has 132 valence electrons. The summed E-state index contributed by atoms with van der Waals surface area (Å²) in [5, 5.41) is 9.70. The van der Waals surface area contributed by atoms with Gasteiger partial charge in [0.25, 0.3) is 0 Å². The Labute approximate surface area is 150 Å². The number of hydrogen-bond acceptors (Lipinski definition) is 4. The first-order chi connectivity index (χ1) is 12.6. The lowest BCUT2D eigenvalue weighted by Gasteiger charge is -2.23. The first kappa shape index (κ1) is 17.4. The van der Waals surface area contributed by atoms with E-state index in [4.69, 9.17) is 10.9 Å². The highest BCUT2D eigenvalue weighted by Crippen LogP contribution is 2.24. The van der Waals surface area contributed by atoms with Crippen LogP contribution >= 0.6 is 0 Å². The van der Waals surface area contributed by atoms with Gasteiger partial charge in [-0.25, -0.2) is 20.6 Å². The standard InChI is InChI=1S/C19H18N4O3/c20-23(19(25)26)18(10-11-24)15-6-8-16(9-7-15)22-12-17(21-13-22)14-4-2-1-3-5-14/h1-9,11-13,18H,10,20H2,(H,25,26). The van der Waals surface area contributed by atoms with Crippen molar-refractivity contribution in [3.63, 3.8) is 0 Å². The summed E-state index contributed by atoms with van der Waals surface area (Å²) in [7, 11) is 0. The molecule has 0 aliphatic heterocycles. The number of rotatable bonds is 6. The van der Waals surface area contributed by atoms with Gasteiger partial charge in [0, 0.05) is 23.9 Å². The molecular weight excluding hydrogens is 332 g/mol. The van der Waals surface area contributed by atoms with Gasteiger partial charge >= 0.3 is 6.09 Å². The molecule has 3 rings (SSSR count). The summed E-state index contributed by atoms with van der Waals surface area (Å²) in [4.78, 5) is 26.4. The maximum Gasteiger partial charge on any atom is 0.422 e. The summed E-state index contributed by atoms with van der Waals surface area (Å²) in [6, 6.07) is 16.3. The van der Waals surface area contributed by atoms with E-state index in [0.717, 1.165) is 16.9 Å². The fourth-order valence-corrected chi connectivity index (χ4v) is 2.73. The highest BCUT2D eigenvalue weighted by molar-refractivity contribution is 5.66. The fourth-order valence-electron chi connectivity index (χ4n) is 2.73. The molecule has 7 heteroatoms. The van der Waals surface area contributed by atoms with Crippen molar-refractivity contribution in [1.29, 1.82) is 0 Å². The van der Waals surface area contributed by atoms with Crippen molar-refractivity contribution in [1.82, 2.24) is 14.6 Å². The number of amides is 1. The zero-order valence-corrected chi connectivity index (χ0v) is 13.9. The third-order valence-electron chi connectivity index (χ3n) is 4.10. The average Bonchev–Trinajstić information content (AvgIpc) is 3.16. The number of aldehydes is 1. The van der Waals surface area contributed by atoms with E-state index in [1.165, 1.54) is 0 Å². The van der Waals surface area contributed by atoms with E-state index in [1.807, 2.05) is 53.2 Å². The average molecular weight is 350 g/mol. The molecule has 1 aromatic heterocycles. The minimum atomic E-state index is -1.29. The number of carbonyl (C=O) groups is 2. The molecule has 1 heterocycles. The van der Waals surface area contributed by atoms with Crippen LogP contribution in [0.3, 0.4) is 0 Å². The number of benzene rings is 2. The summed E-state index contributed by atoms with van der Waals surface area (Å²) in [5.41, 5.74) is 3.39. The van der Waals surface area contributed by atoms with Crippen molar-refractivity contribution in [3.8, 4) is 16.9 Å². The second-order valence-electron chi connectivity index (χ2n) is 5.73. The van der Waals surface area contributed by atoms with Crippen LogP contribution in [-0.4, -0.2) is 32.0 Å². The number of hydrogen-bond donors (Lipinski definition) is 2. The normalized spacial score (nSPS) is 11.7. The third-order valence-corrected chi connectivity index (χ3v) is 4.10. The van der Waals surface area contributed by atoms with E-state index in [1.54, 1.807) is 18.5 Å². The van der Waals surface area contributed by atoms with Crippen LogP contribution in [0.15, 0.2) is 67.1 Å². The van der Waals surface area contributed by atoms with Crippen LogP contribution in [0.25, 0.3) is 16.9 Å². The largest absolute Gasteiger partial charge is 0.464 e. The maximum atomic E-state index is 11.1. The lowest BCUT2D eigenvalue weighted by molar-refractivity contribution is -0.108. The molecule has 0 aliphatic rings. The summed E-state index contributed by atoms with van der Waals surface area (Å²) >= 11 is 0. The SMILES string of the molecule is NN(C(=O)O)C(CC=O)c1ccc(-n2cnc(-c3ccccc3)c2)cc1. The van der Waals surface area contributed by atoms with Gasteiger partial charge in [-0.2, -0.15) is 0 Å². The Morgan fingerprint density at radius 3 is 2.50 bits per heavy atom. The Hall–Kier alpha value is -3.45. The number of imidazole rings is 1. The highest BCUT2D eigenvalue weighted by Gasteiger charge is 2.21. The zero-order valence-electron chi connectivity index (χ0n) is 13.9. The quantitative estimate of drug-likeness (QED) is 0.308. The lowest BCUT2D eigenvalue weighted by atomic mass is 10.0. The predicted molar refractivity (Wildman–Crippen MR) is 96.5 cm³/mol. The van der Waals surface area contributed by atoms with Crippen molar-refractivity contribution in [2.45, 2.75) is 12.5 Å². The van der Waals surface area contributed by atoms with E-state index < -0.39 is 12.1 Å². The van der Waals surface area contributed by atoms with Crippen molar-refractivity contribution in [2.24, 2.45) is 5.84 Å². The van der Waals surface area contributed by atoms with Gasteiger partial charge in [-0.3, -0.25) is 0 Å². The van der Waals surface area contributed by atoms with Gasteiger partial charge in [-0.1, -0.05) is 42.5 Å². The van der Waals surface area contributed by atoms with E-state index >= 15 is 0 Å². The Morgan fingerprint density at radius 1 is 1.19 bits per heavy atom. The number of nitrogens with two attached hydrogens (primary N) is 1. The first-order valence-electron chi connectivity index (χ1n) is 8.00. The smallest absolute Gasteiger partial charge is 0.422 e. The van der Waals surface area contributed by atoms with Crippen LogP contribution in [0.2, 0.25) is 0 Å². The number of hydrazine groups is 1. The number of carboxylic acid groups (broad SMARTS) is 1. The monoisotopic (exact) mass is 350 g/mol. The number of nitrogens with zero attached hydrogens (tertiary/aromatic N) is 3. The molecule has 3 N–H and O–H groups in total. The van der Waals surface area contributed by atoms with Gasteiger partial charge < -0.3 is 14.5 Å². The van der Waals surface area contributed by atoms with Crippen molar-refractivity contribution in [2.75, 3.05) is 0 Å². The van der Waals surface area contributed by atoms with E-state index in [9.17, 15) is 9.59 Å². The highest BCUT2D eigenvalue weighted by atomic mass is 16.4. The summed E-state index contributed by atoms with van der Waals surface area (Å²) < 4.78 is 1.87. The maximum absolute atomic E-state index is 11.1. The van der Waals surface area contributed by atoms with Gasteiger partial charge in [0.15, 0.2) is 0 Å². The van der Waals surface area contributed by atoms with Gasteiger partial charge in [0.1, 0.15) is 6.29 Å². The Bertz CT molecular complexity index is 891. The lowest BCUT2D eigenvalue weighted by Crippen LogP contribution is -2.39. The molecule has 0 bridgehead atoms. The molecule has 1 atom stereocenters. The van der Waals surface area contributed by atoms with Crippen LogP contribution in [0, 0.1) is 0 Å². The van der Waals surface area contributed by atoms with E-state index in [2.05, 4.69) is 4.98 Å². The molecule has 0 saturated heterocycles. The molecule has 26 heavy (non-hydrogen) atoms. The van der Waals surface area contributed by atoms with Gasteiger partial charge in [0.05, 0.1) is 18.1 Å². The second-order valence-corrected chi connectivity index (χ2v) is 5.73. The Balaban J connectivity index is 1.84. The molecule has 0 spiro atoms. The van der Waals surface area contributed by atoms with Crippen LogP contribution < -0.4 is 5.84 Å². The minimum Gasteiger partial charge on any atom is -0.464 e. The minimum absolute atomic E-state index is 0.00855. The summed E-state index contributed by atoms with van der Waals surface area (Å²) in [6.45, 7) is 0. The summed E-state index contributed by atoms with van der Waals surface area (Å²) in [5.74, 6) is 5.56. The Morgan fingerprint density at radius 2 is 1.88 bits per heavy atom. The predicted octanol–water partition coefficient (Wildman–Crippen LogP) is 3.02. The fraction of sp³-hybridized carbons (Fsp3) is 0.105. The van der Waals surface area contributed by atoms with Gasteiger partial charge in [-0.15, -0.1) is 0 Å². The molecule has 0 fully saturated rings. The summed E-state index contributed by atoms with van der Waals surface area (Å²) in [6.07, 6.45) is 2.99. The molecule has 3 aromatic rings. The van der Waals surface area contributed by atoms with Crippen LogP contribution in [0.4, 0.5) is 4.79 Å². The van der Waals surface area contributed by atoms with Gasteiger partial charge in [0.2, 0.25) is 0 Å². The third kappa shape index (κ3) is 3.62. The van der Waals surface area contributed by atoms with Crippen LogP contribution in [-0.2, 0) is 4.79 Å². The molecule has 0 radical (unpaired) electrons. The first-order valence-corrected chi connectivity index (χ1v) is 8.00. The van der Waals surface area contributed by atoms with E-state index in [0.29, 0.717) is 16.9 Å². The van der Waals surface area contributed by atoms with Crippen LogP contribution in [0.1, 0.15) is 18.0 Å². The van der Waals surface area contributed by atoms with Crippen molar-refractivity contribution < 1.29 is 14.7 Å². The molecular formula is C19H18N4O3. The number of carbonyl (C=O) groups excluding carboxylic acids is 1. The molecule has 7 nitrogen and oxygen atoms in total. The van der Waals surface area contributed by atoms with E-state index in [-0.39, 0.29) is 6.42 Å². The molecule has 1 amide bonds. The topological polar surface area (TPSA) is 101 Å². The van der Waals surface area contributed by atoms with Crippen molar-refractivity contribution in [3.05, 3.63) is 72.7 Å². The molecule has 0 saturated carbocycles.